The van der Waals surface area contributed by atoms with Crippen molar-refractivity contribution in [3.63, 3.8) is 0 Å². The van der Waals surface area contributed by atoms with Crippen LogP contribution in [0.2, 0.25) is 5.02 Å². The molecule has 6 rings (SSSR count). The SMILES string of the molecule is CC(C)(C)C[C@]1(c2ccc(-c3cnn(C(F)F)c3)cc2)N=C(N)N([C@H](COC(=O)CC2(C)CC2)c2ccc(Cl)c(-n3cncn3)c2)C1=O. The number of alkyl halides is 2. The van der Waals surface area contributed by atoms with Gasteiger partial charge in [-0.25, -0.2) is 19.3 Å². The number of halogens is 3. The Bertz CT molecular complexity index is 1850. The number of aliphatic imine (C=N–C) groups is 1. The molecule has 2 aliphatic rings. The van der Waals surface area contributed by atoms with Gasteiger partial charge in [0.1, 0.15) is 19.3 Å². The largest absolute Gasteiger partial charge is 0.463 e. The molecule has 0 unspecified atom stereocenters. The van der Waals surface area contributed by atoms with Crippen molar-refractivity contribution in [2.24, 2.45) is 21.6 Å². The molecule has 1 fully saturated rings. The van der Waals surface area contributed by atoms with Gasteiger partial charge in [-0.05, 0) is 58.9 Å². The van der Waals surface area contributed by atoms with E-state index in [1.807, 2.05) is 27.7 Å². The molecule has 2 aromatic heterocycles. The molecule has 252 valence electrons. The fourth-order valence-corrected chi connectivity index (χ4v) is 6.34. The van der Waals surface area contributed by atoms with E-state index in [-0.39, 0.29) is 41.7 Å². The molecule has 2 N–H and O–H groups in total. The second-order valence-corrected chi connectivity index (χ2v) is 14.5. The van der Waals surface area contributed by atoms with Crippen molar-refractivity contribution in [2.75, 3.05) is 6.61 Å². The van der Waals surface area contributed by atoms with Crippen LogP contribution in [-0.2, 0) is 19.9 Å². The van der Waals surface area contributed by atoms with E-state index >= 15 is 0 Å². The topological polar surface area (TPSA) is 134 Å². The van der Waals surface area contributed by atoms with Gasteiger partial charge < -0.3 is 10.5 Å². The van der Waals surface area contributed by atoms with E-state index in [9.17, 15) is 18.4 Å². The van der Waals surface area contributed by atoms with Crippen LogP contribution in [0.15, 0.2) is 72.5 Å². The Morgan fingerprint density at radius 1 is 1.10 bits per heavy atom. The average Bonchev–Trinajstić information content (AvgIpc) is 3.42. The van der Waals surface area contributed by atoms with Crippen molar-refractivity contribution in [3.8, 4) is 16.8 Å². The van der Waals surface area contributed by atoms with Crippen LogP contribution in [0.1, 0.15) is 77.1 Å². The van der Waals surface area contributed by atoms with Crippen molar-refractivity contribution in [1.82, 2.24) is 29.4 Å². The van der Waals surface area contributed by atoms with Gasteiger partial charge in [-0.15, -0.1) is 0 Å². The van der Waals surface area contributed by atoms with Gasteiger partial charge in [0.05, 0.1) is 29.4 Å². The lowest BCUT2D eigenvalue weighted by Gasteiger charge is -2.35. The van der Waals surface area contributed by atoms with Crippen molar-refractivity contribution in [3.05, 3.63) is 83.7 Å². The van der Waals surface area contributed by atoms with E-state index in [1.165, 1.54) is 34.6 Å². The molecule has 1 saturated carbocycles. The Kier molecular flexibility index (Phi) is 8.61. The third-order valence-corrected chi connectivity index (χ3v) is 9.14. The molecule has 0 spiro atoms. The van der Waals surface area contributed by atoms with Crippen molar-refractivity contribution < 1.29 is 23.1 Å². The monoisotopic (exact) mass is 678 g/mol. The molecule has 2 atom stereocenters. The number of nitrogens with zero attached hydrogens (tertiary/aromatic N) is 7. The van der Waals surface area contributed by atoms with Gasteiger partial charge in [0.25, 0.3) is 5.91 Å². The Morgan fingerprint density at radius 2 is 1.83 bits per heavy atom. The average molecular weight is 679 g/mol. The quantitative estimate of drug-likeness (QED) is 0.180. The smallest absolute Gasteiger partial charge is 0.333 e. The highest BCUT2D eigenvalue weighted by Gasteiger charge is 2.53. The van der Waals surface area contributed by atoms with Gasteiger partial charge in [-0.2, -0.15) is 19.0 Å². The summed E-state index contributed by atoms with van der Waals surface area (Å²) in [4.78, 5) is 38.1. The normalized spacial score (nSPS) is 19.5. The number of benzene rings is 2. The summed E-state index contributed by atoms with van der Waals surface area (Å²) >= 11 is 6.54. The van der Waals surface area contributed by atoms with Crippen LogP contribution in [0.3, 0.4) is 0 Å². The molecule has 0 saturated heterocycles. The summed E-state index contributed by atoms with van der Waals surface area (Å²) in [5, 5.41) is 8.33. The Labute approximate surface area is 281 Å². The number of carbonyl (C=O) groups excluding carboxylic acids is 2. The first kappa shape index (κ1) is 33.3. The lowest BCUT2D eigenvalue weighted by molar-refractivity contribution is -0.148. The van der Waals surface area contributed by atoms with E-state index in [4.69, 9.17) is 27.1 Å². The summed E-state index contributed by atoms with van der Waals surface area (Å²) in [5.74, 6) is -0.779. The fourth-order valence-electron chi connectivity index (χ4n) is 6.13. The Hall–Kier alpha value is -4.65. The van der Waals surface area contributed by atoms with Gasteiger partial charge >= 0.3 is 12.5 Å². The highest BCUT2D eigenvalue weighted by atomic mass is 35.5. The van der Waals surface area contributed by atoms with Crippen LogP contribution in [0.25, 0.3) is 16.8 Å². The van der Waals surface area contributed by atoms with Crippen molar-refractivity contribution >= 4 is 29.4 Å². The summed E-state index contributed by atoms with van der Waals surface area (Å²) in [6.45, 7) is 5.12. The fraction of sp³-hybridized carbons (Fsp3) is 0.412. The first-order valence-electron chi connectivity index (χ1n) is 15.6. The summed E-state index contributed by atoms with van der Waals surface area (Å²) in [6, 6.07) is 11.4. The minimum atomic E-state index is -2.76. The number of nitrogens with two attached hydrogens (primary N) is 1. The summed E-state index contributed by atoms with van der Waals surface area (Å²) in [6.07, 6.45) is 8.00. The summed E-state index contributed by atoms with van der Waals surface area (Å²) in [5.41, 5.74) is 7.63. The molecule has 11 nitrogen and oxygen atoms in total. The van der Waals surface area contributed by atoms with E-state index in [2.05, 4.69) is 15.2 Å². The van der Waals surface area contributed by atoms with Crippen LogP contribution in [-0.4, -0.2) is 53.9 Å². The zero-order valence-electron chi connectivity index (χ0n) is 27.1. The van der Waals surface area contributed by atoms with Gasteiger partial charge in [0.2, 0.25) is 0 Å². The van der Waals surface area contributed by atoms with Crippen LogP contribution in [0, 0.1) is 10.8 Å². The van der Waals surface area contributed by atoms with Crippen molar-refractivity contribution in [1.29, 1.82) is 0 Å². The zero-order valence-corrected chi connectivity index (χ0v) is 27.9. The molecular weight excluding hydrogens is 642 g/mol. The molecule has 0 bridgehead atoms. The minimum Gasteiger partial charge on any atom is -0.463 e. The third kappa shape index (κ3) is 6.69. The number of esters is 1. The van der Waals surface area contributed by atoms with E-state index in [0.717, 1.165) is 12.8 Å². The summed E-state index contributed by atoms with van der Waals surface area (Å²) < 4.78 is 34.2. The highest BCUT2D eigenvalue weighted by Crippen LogP contribution is 2.49. The minimum absolute atomic E-state index is 0.0287. The van der Waals surface area contributed by atoms with Crippen LogP contribution in [0.4, 0.5) is 8.78 Å². The lowest BCUT2D eigenvalue weighted by Crippen LogP contribution is -2.47. The predicted molar refractivity (Wildman–Crippen MR) is 175 cm³/mol. The maximum Gasteiger partial charge on any atom is 0.333 e. The molecule has 1 amide bonds. The molecule has 3 heterocycles. The molecule has 4 aromatic rings. The standard InChI is InChI=1S/C34H37ClF2N8O3/c1-32(2,3)18-34(24-8-5-21(6-9-24)23-15-40-43(16-23)30(36)37)29(47)45(31(38)42-34)27(17-48-28(46)14-33(4)11-12-33)22-7-10-25(35)26(13-22)44-20-39-19-41-44/h5-10,13,15-16,19-20,27,30H,11-12,14,17-18H2,1-4H3,(H2,38,42)/t27-,34-/m1/s1. The molecule has 0 radical (unpaired) electrons. The number of guanidine groups is 1. The number of rotatable bonds is 11. The molecular formula is C34H37ClF2N8O3. The van der Waals surface area contributed by atoms with Crippen LogP contribution in [0.5, 0.6) is 0 Å². The third-order valence-electron chi connectivity index (χ3n) is 8.82. The van der Waals surface area contributed by atoms with Crippen molar-refractivity contribution in [2.45, 2.75) is 71.5 Å². The van der Waals surface area contributed by atoms with Gasteiger partial charge in [0.15, 0.2) is 11.5 Å². The van der Waals surface area contributed by atoms with Crippen LogP contribution >= 0.6 is 11.6 Å². The zero-order chi connectivity index (χ0) is 34.4. The molecule has 14 heteroatoms. The number of hydrogen-bond donors (Lipinski definition) is 1. The maximum absolute atomic E-state index is 14.9. The summed E-state index contributed by atoms with van der Waals surface area (Å²) in [7, 11) is 0. The molecule has 1 aliphatic heterocycles. The second kappa shape index (κ2) is 12.4. The number of amides is 1. The van der Waals surface area contributed by atoms with Gasteiger partial charge in [0, 0.05) is 11.8 Å². The Balaban J connectivity index is 1.38. The number of carbonyl (C=O) groups is 2. The van der Waals surface area contributed by atoms with E-state index < -0.39 is 18.1 Å². The first-order valence-corrected chi connectivity index (χ1v) is 16.0. The molecule has 1 aliphatic carbocycles. The van der Waals surface area contributed by atoms with Gasteiger partial charge in [-0.1, -0.05) is 69.6 Å². The predicted octanol–water partition coefficient (Wildman–Crippen LogP) is 6.44. The van der Waals surface area contributed by atoms with Crippen LogP contribution < -0.4 is 5.73 Å². The number of aromatic nitrogens is 5. The van der Waals surface area contributed by atoms with E-state index in [1.54, 1.807) is 42.5 Å². The maximum atomic E-state index is 14.9. The van der Waals surface area contributed by atoms with Gasteiger partial charge in [-0.3, -0.25) is 14.5 Å². The molecule has 2 aromatic carbocycles. The Morgan fingerprint density at radius 3 is 2.44 bits per heavy atom. The number of ether oxygens (including phenoxy) is 1. The lowest BCUT2D eigenvalue weighted by atomic mass is 9.75. The first-order chi connectivity index (χ1) is 22.7. The second-order valence-electron chi connectivity index (χ2n) is 14.0. The highest BCUT2D eigenvalue weighted by molar-refractivity contribution is 6.32. The van der Waals surface area contributed by atoms with E-state index in [0.29, 0.717) is 44.1 Å². The molecule has 48 heavy (non-hydrogen) atoms. The number of hydrogen-bond acceptors (Lipinski definition) is 8.